The molecule has 1 aliphatic rings. The maximum absolute atomic E-state index is 12.9. The standard InChI is InChI=1S/C17H21FN2O2/c1-13-19-16(12-21-13)10-20-8-2-3-14(9-20)11-22-17-6-4-15(18)5-7-17/h4-7,12,14H,2-3,8-11H2,1H3/t14-/m0/s1. The first-order valence-electron chi connectivity index (χ1n) is 7.71. The van der Waals surface area contributed by atoms with E-state index < -0.39 is 0 Å². The van der Waals surface area contributed by atoms with Gasteiger partial charge in [0.25, 0.3) is 0 Å². The first-order valence-corrected chi connectivity index (χ1v) is 7.71. The monoisotopic (exact) mass is 304 g/mol. The molecule has 118 valence electrons. The Morgan fingerprint density at radius 1 is 1.36 bits per heavy atom. The maximum atomic E-state index is 12.9. The molecule has 1 aromatic heterocycles. The van der Waals surface area contributed by atoms with Crippen LogP contribution in [0.3, 0.4) is 0 Å². The normalized spacial score (nSPS) is 19.3. The van der Waals surface area contributed by atoms with Crippen molar-refractivity contribution in [3.8, 4) is 5.75 Å². The number of piperidine rings is 1. The third kappa shape index (κ3) is 4.07. The second-order valence-electron chi connectivity index (χ2n) is 5.87. The van der Waals surface area contributed by atoms with Crippen molar-refractivity contribution in [2.75, 3.05) is 19.7 Å². The molecule has 0 N–H and O–H groups in total. The highest BCUT2D eigenvalue weighted by Gasteiger charge is 2.21. The number of benzene rings is 1. The van der Waals surface area contributed by atoms with Gasteiger partial charge in [0.15, 0.2) is 5.89 Å². The van der Waals surface area contributed by atoms with Crippen LogP contribution in [-0.4, -0.2) is 29.6 Å². The predicted molar refractivity (Wildman–Crippen MR) is 81.1 cm³/mol. The van der Waals surface area contributed by atoms with E-state index in [-0.39, 0.29) is 5.82 Å². The van der Waals surface area contributed by atoms with Crippen LogP contribution in [0, 0.1) is 18.7 Å². The molecule has 1 saturated heterocycles. The quantitative estimate of drug-likeness (QED) is 0.848. The van der Waals surface area contributed by atoms with Crippen LogP contribution in [-0.2, 0) is 6.54 Å². The average Bonchev–Trinajstić information content (AvgIpc) is 2.92. The van der Waals surface area contributed by atoms with Gasteiger partial charge in [0.2, 0.25) is 0 Å². The van der Waals surface area contributed by atoms with E-state index >= 15 is 0 Å². The largest absolute Gasteiger partial charge is 0.493 e. The topological polar surface area (TPSA) is 38.5 Å². The summed E-state index contributed by atoms with van der Waals surface area (Å²) in [6.45, 7) is 5.43. The minimum Gasteiger partial charge on any atom is -0.493 e. The number of likely N-dealkylation sites (tertiary alicyclic amines) is 1. The molecule has 1 aromatic carbocycles. The highest BCUT2D eigenvalue weighted by atomic mass is 19.1. The Morgan fingerprint density at radius 3 is 2.91 bits per heavy atom. The van der Waals surface area contributed by atoms with Gasteiger partial charge in [-0.05, 0) is 43.7 Å². The van der Waals surface area contributed by atoms with Gasteiger partial charge in [-0.2, -0.15) is 0 Å². The Morgan fingerprint density at radius 2 is 2.18 bits per heavy atom. The molecule has 2 heterocycles. The molecule has 0 amide bonds. The lowest BCUT2D eigenvalue weighted by Crippen LogP contribution is -2.37. The summed E-state index contributed by atoms with van der Waals surface area (Å²) in [5.41, 5.74) is 0.984. The summed E-state index contributed by atoms with van der Waals surface area (Å²) in [5, 5.41) is 0. The van der Waals surface area contributed by atoms with Crippen molar-refractivity contribution < 1.29 is 13.5 Å². The van der Waals surface area contributed by atoms with Gasteiger partial charge in [-0.15, -0.1) is 0 Å². The van der Waals surface area contributed by atoms with Crippen molar-refractivity contribution in [1.82, 2.24) is 9.88 Å². The highest BCUT2D eigenvalue weighted by Crippen LogP contribution is 2.20. The number of ether oxygens (including phenoxy) is 1. The lowest BCUT2D eigenvalue weighted by molar-refractivity contribution is 0.124. The van der Waals surface area contributed by atoms with Crippen LogP contribution in [0.1, 0.15) is 24.4 Å². The molecule has 2 aromatic rings. The number of nitrogens with zero attached hydrogens (tertiary/aromatic N) is 2. The molecule has 3 rings (SSSR count). The van der Waals surface area contributed by atoms with Gasteiger partial charge < -0.3 is 9.15 Å². The lowest BCUT2D eigenvalue weighted by atomic mass is 9.99. The fourth-order valence-electron chi connectivity index (χ4n) is 2.89. The number of halogens is 1. The van der Waals surface area contributed by atoms with Crippen LogP contribution in [0.5, 0.6) is 5.75 Å². The Bertz CT molecular complexity index is 597. The smallest absolute Gasteiger partial charge is 0.191 e. The molecule has 1 atom stereocenters. The third-order valence-electron chi connectivity index (χ3n) is 3.95. The number of oxazole rings is 1. The number of rotatable bonds is 5. The average molecular weight is 304 g/mol. The van der Waals surface area contributed by atoms with E-state index in [1.54, 1.807) is 18.4 Å². The SMILES string of the molecule is Cc1nc(CN2CCC[C@H](COc3ccc(F)cc3)C2)co1. The van der Waals surface area contributed by atoms with Crippen molar-refractivity contribution in [3.05, 3.63) is 47.9 Å². The van der Waals surface area contributed by atoms with Crippen molar-refractivity contribution in [1.29, 1.82) is 0 Å². The summed E-state index contributed by atoms with van der Waals surface area (Å²) < 4.78 is 23.9. The fraction of sp³-hybridized carbons (Fsp3) is 0.471. The van der Waals surface area contributed by atoms with E-state index in [0.29, 0.717) is 18.4 Å². The first-order chi connectivity index (χ1) is 10.7. The second-order valence-corrected chi connectivity index (χ2v) is 5.87. The summed E-state index contributed by atoms with van der Waals surface area (Å²) in [4.78, 5) is 6.74. The second kappa shape index (κ2) is 6.92. The molecular weight excluding hydrogens is 283 g/mol. The molecule has 0 bridgehead atoms. The van der Waals surface area contributed by atoms with Gasteiger partial charge in [-0.25, -0.2) is 9.37 Å². The Kier molecular flexibility index (Phi) is 4.73. The molecule has 0 aliphatic carbocycles. The van der Waals surface area contributed by atoms with Gasteiger partial charge in [0, 0.05) is 25.9 Å². The van der Waals surface area contributed by atoms with Gasteiger partial charge in [0.1, 0.15) is 17.8 Å². The molecule has 0 spiro atoms. The maximum Gasteiger partial charge on any atom is 0.191 e. The highest BCUT2D eigenvalue weighted by molar-refractivity contribution is 5.22. The number of aryl methyl sites for hydroxylation is 1. The molecule has 1 aliphatic heterocycles. The van der Waals surface area contributed by atoms with Gasteiger partial charge in [-0.3, -0.25) is 4.90 Å². The van der Waals surface area contributed by atoms with E-state index in [1.807, 2.05) is 6.92 Å². The van der Waals surface area contributed by atoms with E-state index in [4.69, 9.17) is 9.15 Å². The molecule has 4 nitrogen and oxygen atoms in total. The van der Waals surface area contributed by atoms with Crippen LogP contribution in [0.2, 0.25) is 0 Å². The van der Waals surface area contributed by atoms with Crippen molar-refractivity contribution in [2.45, 2.75) is 26.3 Å². The molecule has 1 fully saturated rings. The molecule has 0 saturated carbocycles. The molecule has 0 radical (unpaired) electrons. The molecule has 0 unspecified atom stereocenters. The zero-order valence-electron chi connectivity index (χ0n) is 12.8. The van der Waals surface area contributed by atoms with E-state index in [0.717, 1.165) is 43.9 Å². The van der Waals surface area contributed by atoms with Crippen LogP contribution >= 0.6 is 0 Å². The van der Waals surface area contributed by atoms with Crippen molar-refractivity contribution in [3.63, 3.8) is 0 Å². The number of hydrogen-bond acceptors (Lipinski definition) is 4. The Labute approximate surface area is 129 Å². The van der Waals surface area contributed by atoms with Gasteiger partial charge in [0.05, 0.1) is 12.3 Å². The van der Waals surface area contributed by atoms with Gasteiger partial charge in [-0.1, -0.05) is 0 Å². The van der Waals surface area contributed by atoms with Gasteiger partial charge >= 0.3 is 0 Å². The van der Waals surface area contributed by atoms with Crippen LogP contribution in [0.25, 0.3) is 0 Å². The molecular formula is C17H21FN2O2. The summed E-state index contributed by atoms with van der Waals surface area (Å²) in [7, 11) is 0. The summed E-state index contributed by atoms with van der Waals surface area (Å²) in [6.07, 6.45) is 4.05. The Hall–Kier alpha value is -1.88. The van der Waals surface area contributed by atoms with Crippen LogP contribution in [0.4, 0.5) is 4.39 Å². The van der Waals surface area contributed by atoms with E-state index in [2.05, 4.69) is 9.88 Å². The zero-order chi connectivity index (χ0) is 15.4. The van der Waals surface area contributed by atoms with E-state index in [9.17, 15) is 4.39 Å². The molecule has 22 heavy (non-hydrogen) atoms. The third-order valence-corrected chi connectivity index (χ3v) is 3.95. The van der Waals surface area contributed by atoms with Crippen molar-refractivity contribution >= 4 is 0 Å². The summed E-state index contributed by atoms with van der Waals surface area (Å²) in [5.74, 6) is 1.69. The summed E-state index contributed by atoms with van der Waals surface area (Å²) >= 11 is 0. The number of aromatic nitrogens is 1. The fourth-order valence-corrected chi connectivity index (χ4v) is 2.89. The lowest BCUT2D eigenvalue weighted by Gasteiger charge is -2.32. The van der Waals surface area contributed by atoms with Crippen molar-refractivity contribution in [2.24, 2.45) is 5.92 Å². The number of hydrogen-bond donors (Lipinski definition) is 0. The minimum atomic E-state index is -0.237. The molecule has 5 heteroatoms. The zero-order valence-corrected chi connectivity index (χ0v) is 12.8. The predicted octanol–water partition coefficient (Wildman–Crippen LogP) is 3.41. The van der Waals surface area contributed by atoms with Crippen LogP contribution in [0.15, 0.2) is 34.9 Å². The van der Waals surface area contributed by atoms with Crippen LogP contribution < -0.4 is 4.74 Å². The Balaban J connectivity index is 1.49. The van der Waals surface area contributed by atoms with E-state index in [1.165, 1.54) is 12.1 Å². The summed E-state index contributed by atoms with van der Waals surface area (Å²) in [6, 6.07) is 6.20. The first kappa shape index (κ1) is 15.0. The minimum absolute atomic E-state index is 0.237.